The number of amides is 2. The number of piperidine rings is 1. The molecule has 0 aromatic heterocycles. The molecule has 3 aromatic rings. The van der Waals surface area contributed by atoms with E-state index < -0.39 is 23.2 Å². The Morgan fingerprint density at radius 1 is 0.886 bits per heavy atom. The minimum Gasteiger partial charge on any atom is -0.506 e. The number of anilines is 4. The average molecular weight is 609 g/mol. The lowest BCUT2D eigenvalue weighted by Gasteiger charge is -2.42. The molecule has 0 unspecified atom stereocenters. The van der Waals surface area contributed by atoms with Crippen LogP contribution in [0.1, 0.15) is 71.1 Å². The van der Waals surface area contributed by atoms with Crippen molar-refractivity contribution in [2.45, 2.75) is 71.4 Å². The standard InChI is InChI=1S/C35H43F3N4O2/c1-32(2,3)21-41-19-17-34(18-20-41)22-42(30-28(43)16-15-25(29(30)34)35(36,37)38)27-10-8-7-9-26(27)40-31(44)39-24-13-11-23(12-14-24)33(4,5)6/h7-16,43H,17-22H2,1-6H3,(H2,39,40,44). The lowest BCUT2D eigenvalue weighted by molar-refractivity contribution is -0.138. The van der Waals surface area contributed by atoms with Crippen LogP contribution >= 0.6 is 0 Å². The van der Waals surface area contributed by atoms with Gasteiger partial charge in [-0.15, -0.1) is 0 Å². The first-order chi connectivity index (χ1) is 20.5. The van der Waals surface area contributed by atoms with Gasteiger partial charge in [0.2, 0.25) is 0 Å². The number of alkyl halides is 3. The molecular formula is C35H43F3N4O2. The number of carbonyl (C=O) groups excluding carboxylic acids is 1. The number of carbonyl (C=O) groups is 1. The fraction of sp³-hybridized carbons (Fsp3) is 0.457. The van der Waals surface area contributed by atoms with Gasteiger partial charge in [-0.05, 0) is 84.3 Å². The number of urea groups is 1. The quantitative estimate of drug-likeness (QED) is 0.277. The summed E-state index contributed by atoms with van der Waals surface area (Å²) >= 11 is 0. The summed E-state index contributed by atoms with van der Waals surface area (Å²) in [4.78, 5) is 17.2. The van der Waals surface area contributed by atoms with Gasteiger partial charge in [0.05, 0.1) is 22.6 Å². The van der Waals surface area contributed by atoms with Crippen LogP contribution in [0.15, 0.2) is 60.7 Å². The summed E-state index contributed by atoms with van der Waals surface area (Å²) in [5, 5.41) is 16.9. The summed E-state index contributed by atoms with van der Waals surface area (Å²) in [7, 11) is 0. The van der Waals surface area contributed by atoms with Crippen LogP contribution in [0, 0.1) is 5.41 Å². The number of para-hydroxylation sites is 2. The van der Waals surface area contributed by atoms with Crippen LogP contribution in [0.3, 0.4) is 0 Å². The van der Waals surface area contributed by atoms with E-state index in [1.807, 2.05) is 24.3 Å². The number of rotatable bonds is 4. The zero-order chi connectivity index (χ0) is 32.1. The molecule has 1 saturated heterocycles. The number of phenolic OH excluding ortho intramolecular Hbond substituents is 1. The van der Waals surface area contributed by atoms with Crippen molar-refractivity contribution in [1.29, 1.82) is 0 Å². The number of aromatic hydroxyl groups is 1. The van der Waals surface area contributed by atoms with Gasteiger partial charge in [0.15, 0.2) is 0 Å². The number of halogens is 3. The number of likely N-dealkylation sites (tertiary alicyclic amines) is 1. The smallest absolute Gasteiger partial charge is 0.416 e. The highest BCUT2D eigenvalue weighted by atomic mass is 19.4. The van der Waals surface area contributed by atoms with E-state index in [1.54, 1.807) is 29.2 Å². The van der Waals surface area contributed by atoms with Gasteiger partial charge in [-0.2, -0.15) is 13.2 Å². The van der Waals surface area contributed by atoms with Gasteiger partial charge in [0.25, 0.3) is 0 Å². The summed E-state index contributed by atoms with van der Waals surface area (Å²) in [6, 6.07) is 16.3. The second-order valence-electron chi connectivity index (χ2n) is 14.5. The van der Waals surface area contributed by atoms with Crippen molar-refractivity contribution in [3.05, 3.63) is 77.4 Å². The fourth-order valence-corrected chi connectivity index (χ4v) is 6.66. The average Bonchev–Trinajstić information content (AvgIpc) is 3.24. The van der Waals surface area contributed by atoms with Crippen molar-refractivity contribution in [2.24, 2.45) is 5.41 Å². The van der Waals surface area contributed by atoms with E-state index >= 15 is 0 Å². The van der Waals surface area contributed by atoms with Crippen LogP contribution in [-0.2, 0) is 17.0 Å². The topological polar surface area (TPSA) is 67.8 Å². The highest BCUT2D eigenvalue weighted by molar-refractivity contribution is 6.02. The Kier molecular flexibility index (Phi) is 8.16. The molecule has 5 rings (SSSR count). The summed E-state index contributed by atoms with van der Waals surface area (Å²) in [6.07, 6.45) is -3.52. The van der Waals surface area contributed by atoms with E-state index in [0.29, 0.717) is 43.0 Å². The SMILES string of the molecule is CC(C)(C)CN1CCC2(CC1)CN(c1ccccc1NC(=O)Nc1ccc(C(C)(C)C)cc1)c1c(O)ccc(C(F)(F)F)c12. The Hall–Kier alpha value is -3.72. The molecule has 3 N–H and O–H groups in total. The molecular weight excluding hydrogens is 565 g/mol. The molecule has 2 aliphatic rings. The molecule has 1 fully saturated rings. The van der Waals surface area contributed by atoms with Gasteiger partial charge in [-0.25, -0.2) is 4.79 Å². The van der Waals surface area contributed by atoms with Gasteiger partial charge < -0.3 is 25.5 Å². The summed E-state index contributed by atoms with van der Waals surface area (Å²) < 4.78 is 43.5. The van der Waals surface area contributed by atoms with E-state index in [1.165, 1.54) is 0 Å². The van der Waals surface area contributed by atoms with Crippen LogP contribution in [0.4, 0.5) is 40.7 Å². The molecule has 0 aliphatic carbocycles. The molecule has 9 heteroatoms. The van der Waals surface area contributed by atoms with Crippen molar-refractivity contribution < 1.29 is 23.1 Å². The van der Waals surface area contributed by atoms with Gasteiger partial charge in [0, 0.05) is 24.2 Å². The van der Waals surface area contributed by atoms with Crippen LogP contribution in [-0.4, -0.2) is 42.2 Å². The summed E-state index contributed by atoms with van der Waals surface area (Å²) in [5.41, 5.74) is 1.55. The molecule has 2 heterocycles. The zero-order valence-corrected chi connectivity index (χ0v) is 26.4. The molecule has 6 nitrogen and oxygen atoms in total. The van der Waals surface area contributed by atoms with Crippen LogP contribution < -0.4 is 15.5 Å². The van der Waals surface area contributed by atoms with Gasteiger partial charge in [-0.1, -0.05) is 65.8 Å². The maximum Gasteiger partial charge on any atom is 0.416 e. The molecule has 0 bridgehead atoms. The second-order valence-corrected chi connectivity index (χ2v) is 14.5. The van der Waals surface area contributed by atoms with Crippen molar-refractivity contribution in [3.63, 3.8) is 0 Å². The third kappa shape index (κ3) is 6.53. The van der Waals surface area contributed by atoms with Crippen molar-refractivity contribution in [1.82, 2.24) is 4.90 Å². The fourth-order valence-electron chi connectivity index (χ4n) is 6.66. The van der Waals surface area contributed by atoms with E-state index in [2.05, 4.69) is 57.1 Å². The third-order valence-electron chi connectivity index (χ3n) is 8.69. The van der Waals surface area contributed by atoms with E-state index in [-0.39, 0.29) is 34.4 Å². The summed E-state index contributed by atoms with van der Waals surface area (Å²) in [5.74, 6) is -0.208. The largest absolute Gasteiger partial charge is 0.506 e. The maximum atomic E-state index is 14.5. The highest BCUT2D eigenvalue weighted by Gasteiger charge is 2.52. The molecule has 3 aromatic carbocycles. The van der Waals surface area contributed by atoms with Crippen molar-refractivity contribution >= 4 is 28.8 Å². The molecule has 0 atom stereocenters. The number of benzene rings is 3. The van der Waals surface area contributed by atoms with Crippen LogP contribution in [0.25, 0.3) is 0 Å². The first-order valence-electron chi connectivity index (χ1n) is 15.2. The molecule has 0 radical (unpaired) electrons. The Bertz CT molecular complexity index is 1510. The predicted molar refractivity (Wildman–Crippen MR) is 171 cm³/mol. The first-order valence-corrected chi connectivity index (χ1v) is 15.2. The first kappa shape index (κ1) is 31.7. The zero-order valence-electron chi connectivity index (χ0n) is 26.4. The Morgan fingerprint density at radius 3 is 2.11 bits per heavy atom. The Morgan fingerprint density at radius 2 is 1.52 bits per heavy atom. The van der Waals surface area contributed by atoms with E-state index in [0.717, 1.165) is 24.2 Å². The molecule has 236 valence electrons. The monoisotopic (exact) mass is 608 g/mol. The molecule has 0 saturated carbocycles. The minimum atomic E-state index is -4.58. The lowest BCUT2D eigenvalue weighted by Crippen LogP contribution is -2.47. The molecule has 1 spiro atoms. The third-order valence-corrected chi connectivity index (χ3v) is 8.69. The maximum absolute atomic E-state index is 14.5. The lowest BCUT2D eigenvalue weighted by atomic mass is 9.72. The van der Waals surface area contributed by atoms with Gasteiger partial charge in [-0.3, -0.25) is 0 Å². The summed E-state index contributed by atoms with van der Waals surface area (Å²) in [6.45, 7) is 15.3. The van der Waals surface area contributed by atoms with E-state index in [4.69, 9.17) is 0 Å². The normalized spacial score (nSPS) is 17.1. The van der Waals surface area contributed by atoms with Crippen LogP contribution in [0.5, 0.6) is 5.75 Å². The molecule has 2 amide bonds. The highest BCUT2D eigenvalue weighted by Crippen LogP contribution is 2.57. The number of phenols is 1. The number of hydrogen-bond donors (Lipinski definition) is 3. The van der Waals surface area contributed by atoms with E-state index in [9.17, 15) is 23.1 Å². The molecule has 44 heavy (non-hydrogen) atoms. The number of nitrogens with zero attached hydrogens (tertiary/aromatic N) is 2. The molecule has 2 aliphatic heterocycles. The van der Waals surface area contributed by atoms with Gasteiger partial charge in [0.1, 0.15) is 5.75 Å². The van der Waals surface area contributed by atoms with Crippen LogP contribution in [0.2, 0.25) is 0 Å². The Balaban J connectivity index is 1.47. The Labute approximate surface area is 258 Å². The number of hydrogen-bond acceptors (Lipinski definition) is 4. The predicted octanol–water partition coefficient (Wildman–Crippen LogP) is 8.88. The van der Waals surface area contributed by atoms with Crippen molar-refractivity contribution in [2.75, 3.05) is 41.7 Å². The second kappa shape index (κ2) is 11.3. The number of fused-ring (bicyclic) bond motifs is 2. The van der Waals surface area contributed by atoms with Crippen molar-refractivity contribution in [3.8, 4) is 5.75 Å². The van der Waals surface area contributed by atoms with Gasteiger partial charge >= 0.3 is 12.2 Å². The number of nitrogens with one attached hydrogen (secondary N) is 2. The minimum absolute atomic E-state index is 0.0239.